The van der Waals surface area contributed by atoms with Gasteiger partial charge in [0, 0.05) is 51.4 Å². The molecule has 4 aromatic rings. The van der Waals surface area contributed by atoms with Crippen LogP contribution < -0.4 is 0 Å². The van der Waals surface area contributed by atoms with E-state index in [1.165, 1.54) is 0 Å². The van der Waals surface area contributed by atoms with Gasteiger partial charge in [0.15, 0.2) is 0 Å². The van der Waals surface area contributed by atoms with Crippen molar-refractivity contribution >= 4 is 45.7 Å². The summed E-state index contributed by atoms with van der Waals surface area (Å²) in [5.41, 5.74) is 4.06. The molecule has 6 heteroatoms. The SMILES string of the molecule is Cc1cc(Cl)cnc1CC(c1cc(Cl)cc(Cl)c1)c1ccc2cccnc2c1O. The molecule has 0 aliphatic carbocycles. The zero-order chi connectivity index (χ0) is 20.5. The van der Waals surface area contributed by atoms with E-state index in [1.54, 1.807) is 18.5 Å². The number of halogens is 3. The molecule has 0 bridgehead atoms. The lowest BCUT2D eigenvalue weighted by Gasteiger charge is -2.21. The third kappa shape index (κ3) is 4.18. The number of aromatic nitrogens is 2. The standard InChI is InChI=1S/C23H17Cl3N2O/c1-13-7-18(26)12-28-21(13)11-20(15-8-16(24)10-17(25)9-15)19-5-4-14-3-2-6-27-22(14)23(19)29/h2-10,12,20,29H,11H2,1H3. The lowest BCUT2D eigenvalue weighted by Crippen LogP contribution is -2.09. The topological polar surface area (TPSA) is 46.0 Å². The number of phenols is 1. The Morgan fingerprint density at radius 2 is 1.69 bits per heavy atom. The van der Waals surface area contributed by atoms with Crippen LogP contribution in [-0.2, 0) is 6.42 Å². The first-order valence-corrected chi connectivity index (χ1v) is 10.2. The second-order valence-corrected chi connectivity index (χ2v) is 8.26. The molecular formula is C23H17Cl3N2O. The lowest BCUT2D eigenvalue weighted by atomic mass is 9.85. The van der Waals surface area contributed by atoms with Gasteiger partial charge in [-0.3, -0.25) is 9.97 Å². The van der Waals surface area contributed by atoms with Gasteiger partial charge in [-0.2, -0.15) is 0 Å². The van der Waals surface area contributed by atoms with Crippen molar-refractivity contribution in [2.24, 2.45) is 0 Å². The third-order valence-electron chi connectivity index (χ3n) is 4.99. The first kappa shape index (κ1) is 20.0. The van der Waals surface area contributed by atoms with Crippen LogP contribution in [-0.4, -0.2) is 15.1 Å². The molecule has 1 N–H and O–H groups in total. The highest BCUT2D eigenvalue weighted by atomic mass is 35.5. The zero-order valence-corrected chi connectivity index (χ0v) is 17.8. The number of aromatic hydroxyl groups is 1. The number of benzene rings is 2. The van der Waals surface area contributed by atoms with Crippen molar-refractivity contribution in [3.8, 4) is 5.75 Å². The zero-order valence-electron chi connectivity index (χ0n) is 15.5. The monoisotopic (exact) mass is 442 g/mol. The molecule has 1 unspecified atom stereocenters. The number of nitrogens with zero attached hydrogens (tertiary/aromatic N) is 2. The quantitative estimate of drug-likeness (QED) is 0.370. The summed E-state index contributed by atoms with van der Waals surface area (Å²) in [6.45, 7) is 1.97. The highest BCUT2D eigenvalue weighted by molar-refractivity contribution is 6.34. The molecule has 1 atom stereocenters. The number of hydrogen-bond donors (Lipinski definition) is 1. The van der Waals surface area contributed by atoms with E-state index in [0.717, 1.165) is 27.8 Å². The van der Waals surface area contributed by atoms with Crippen LogP contribution >= 0.6 is 34.8 Å². The van der Waals surface area contributed by atoms with Gasteiger partial charge in [0.1, 0.15) is 11.3 Å². The minimum absolute atomic E-state index is 0.149. The van der Waals surface area contributed by atoms with Crippen LogP contribution in [0.2, 0.25) is 15.1 Å². The summed E-state index contributed by atoms with van der Waals surface area (Å²) in [6.07, 6.45) is 3.85. The molecule has 0 aliphatic heterocycles. The molecule has 0 saturated carbocycles. The molecule has 3 nitrogen and oxygen atoms in total. The minimum Gasteiger partial charge on any atom is -0.505 e. The van der Waals surface area contributed by atoms with Gasteiger partial charge in [-0.1, -0.05) is 53.0 Å². The van der Waals surface area contributed by atoms with Crippen LogP contribution in [0.1, 0.15) is 28.3 Å². The predicted molar refractivity (Wildman–Crippen MR) is 119 cm³/mol. The van der Waals surface area contributed by atoms with Crippen molar-refractivity contribution in [1.29, 1.82) is 0 Å². The second kappa shape index (κ2) is 8.19. The van der Waals surface area contributed by atoms with E-state index in [1.807, 2.05) is 49.4 Å². The molecular weight excluding hydrogens is 427 g/mol. The van der Waals surface area contributed by atoms with Crippen molar-refractivity contribution in [3.05, 3.63) is 98.4 Å². The molecule has 2 aromatic carbocycles. The molecule has 29 heavy (non-hydrogen) atoms. The van der Waals surface area contributed by atoms with Gasteiger partial charge < -0.3 is 5.11 Å². The van der Waals surface area contributed by atoms with Crippen LogP contribution in [0.25, 0.3) is 10.9 Å². The van der Waals surface area contributed by atoms with Crippen LogP contribution in [0.4, 0.5) is 0 Å². The molecule has 0 spiro atoms. The number of phenolic OH excluding ortho intramolecular Hbond substituents is 1. The van der Waals surface area contributed by atoms with E-state index in [9.17, 15) is 5.11 Å². The number of rotatable bonds is 4. The van der Waals surface area contributed by atoms with Crippen LogP contribution in [0.15, 0.2) is 60.9 Å². The number of hydrogen-bond acceptors (Lipinski definition) is 3. The average Bonchev–Trinajstić information content (AvgIpc) is 2.68. The van der Waals surface area contributed by atoms with Crippen LogP contribution in [0.5, 0.6) is 5.75 Å². The van der Waals surface area contributed by atoms with Gasteiger partial charge in [0.05, 0.1) is 5.02 Å². The fraction of sp³-hybridized carbons (Fsp3) is 0.130. The molecule has 4 rings (SSSR count). The smallest absolute Gasteiger partial charge is 0.145 e. The first-order chi connectivity index (χ1) is 13.9. The van der Waals surface area contributed by atoms with Crippen molar-refractivity contribution < 1.29 is 5.11 Å². The van der Waals surface area contributed by atoms with E-state index >= 15 is 0 Å². The Morgan fingerprint density at radius 1 is 0.931 bits per heavy atom. The molecule has 0 aliphatic rings. The van der Waals surface area contributed by atoms with Crippen molar-refractivity contribution in [3.63, 3.8) is 0 Å². The van der Waals surface area contributed by atoms with Crippen LogP contribution in [0.3, 0.4) is 0 Å². The molecule has 0 amide bonds. The van der Waals surface area contributed by atoms with Gasteiger partial charge in [-0.15, -0.1) is 0 Å². The Labute approximate surface area is 183 Å². The Morgan fingerprint density at radius 3 is 2.41 bits per heavy atom. The third-order valence-corrected chi connectivity index (χ3v) is 5.64. The highest BCUT2D eigenvalue weighted by Crippen LogP contribution is 2.39. The Hall–Kier alpha value is -2.33. The van der Waals surface area contributed by atoms with E-state index in [0.29, 0.717) is 27.0 Å². The largest absolute Gasteiger partial charge is 0.505 e. The summed E-state index contributed by atoms with van der Waals surface area (Å²) in [7, 11) is 0. The molecule has 0 fully saturated rings. The number of fused-ring (bicyclic) bond motifs is 1. The van der Waals surface area contributed by atoms with Gasteiger partial charge in [-0.25, -0.2) is 0 Å². The Balaban J connectivity index is 1.89. The summed E-state index contributed by atoms with van der Waals surface area (Å²) in [6, 6.07) is 14.9. The summed E-state index contributed by atoms with van der Waals surface area (Å²) in [4.78, 5) is 8.86. The van der Waals surface area contributed by atoms with E-state index in [2.05, 4.69) is 9.97 Å². The van der Waals surface area contributed by atoms with Gasteiger partial charge in [-0.05, 0) is 48.4 Å². The molecule has 0 saturated heterocycles. The molecule has 0 radical (unpaired) electrons. The van der Waals surface area contributed by atoms with Crippen molar-refractivity contribution in [2.75, 3.05) is 0 Å². The summed E-state index contributed by atoms with van der Waals surface area (Å²) >= 11 is 18.6. The highest BCUT2D eigenvalue weighted by Gasteiger charge is 2.22. The van der Waals surface area contributed by atoms with Gasteiger partial charge in [0.2, 0.25) is 0 Å². The van der Waals surface area contributed by atoms with E-state index in [-0.39, 0.29) is 11.7 Å². The second-order valence-electron chi connectivity index (χ2n) is 6.96. The van der Waals surface area contributed by atoms with Crippen LogP contribution in [0, 0.1) is 6.92 Å². The fourth-order valence-electron chi connectivity index (χ4n) is 3.59. The van der Waals surface area contributed by atoms with Gasteiger partial charge >= 0.3 is 0 Å². The minimum atomic E-state index is -0.218. The number of pyridine rings is 2. The van der Waals surface area contributed by atoms with Gasteiger partial charge in [0.25, 0.3) is 0 Å². The maximum absolute atomic E-state index is 11.0. The molecule has 146 valence electrons. The van der Waals surface area contributed by atoms with E-state index < -0.39 is 0 Å². The summed E-state index contributed by atoms with van der Waals surface area (Å²) in [5, 5.41) is 13.6. The van der Waals surface area contributed by atoms with E-state index in [4.69, 9.17) is 34.8 Å². The lowest BCUT2D eigenvalue weighted by molar-refractivity contribution is 0.469. The van der Waals surface area contributed by atoms with Crippen molar-refractivity contribution in [2.45, 2.75) is 19.3 Å². The summed E-state index contributed by atoms with van der Waals surface area (Å²) in [5.74, 6) is -0.0687. The molecule has 2 aromatic heterocycles. The Bertz CT molecular complexity index is 1190. The van der Waals surface area contributed by atoms with Crippen molar-refractivity contribution in [1.82, 2.24) is 9.97 Å². The normalized spacial score (nSPS) is 12.3. The Kier molecular flexibility index (Phi) is 5.64. The summed E-state index contributed by atoms with van der Waals surface area (Å²) < 4.78 is 0. The molecule has 2 heterocycles. The first-order valence-electron chi connectivity index (χ1n) is 9.06. The maximum atomic E-state index is 11.0. The fourth-order valence-corrected chi connectivity index (χ4v) is 4.34. The predicted octanol–water partition coefficient (Wildman–Crippen LogP) is 6.98. The maximum Gasteiger partial charge on any atom is 0.145 e. The average molecular weight is 444 g/mol. The number of aryl methyl sites for hydroxylation is 1.